The lowest BCUT2D eigenvalue weighted by molar-refractivity contribution is 0.234. The molecule has 2 aromatic carbocycles. The van der Waals surface area contributed by atoms with Crippen molar-refractivity contribution in [2.75, 3.05) is 18.5 Å². The molecule has 152 valence electrons. The van der Waals surface area contributed by atoms with Crippen LogP contribution in [-0.2, 0) is 6.42 Å². The third-order valence-corrected chi connectivity index (χ3v) is 5.64. The summed E-state index contributed by atoms with van der Waals surface area (Å²) in [5.74, 6) is 2.75. The van der Waals surface area contributed by atoms with E-state index >= 15 is 0 Å². The highest BCUT2D eigenvalue weighted by Crippen LogP contribution is 2.26. The number of anilines is 1. The number of aryl methyl sites for hydroxylation is 1. The van der Waals surface area contributed by atoms with Crippen molar-refractivity contribution in [1.82, 2.24) is 0 Å². The van der Waals surface area contributed by atoms with E-state index in [2.05, 4.69) is 67.7 Å². The number of hydrogen-bond donors (Lipinski definition) is 1. The highest BCUT2D eigenvalue weighted by atomic mass is 16.5. The first kappa shape index (κ1) is 20.6. The molecule has 2 aromatic rings. The first-order valence-corrected chi connectivity index (χ1v) is 10.9. The van der Waals surface area contributed by atoms with E-state index in [-0.39, 0.29) is 6.10 Å². The van der Waals surface area contributed by atoms with E-state index in [0.29, 0.717) is 0 Å². The zero-order chi connectivity index (χ0) is 19.6. The molecule has 0 amide bonds. The predicted molar refractivity (Wildman–Crippen MR) is 118 cm³/mol. The van der Waals surface area contributed by atoms with Gasteiger partial charge >= 0.3 is 0 Å². The van der Waals surface area contributed by atoms with Gasteiger partial charge in [0, 0.05) is 5.69 Å². The highest BCUT2D eigenvalue weighted by Gasteiger charge is 2.13. The summed E-state index contributed by atoms with van der Waals surface area (Å²) in [6.45, 7) is 5.84. The summed E-state index contributed by atoms with van der Waals surface area (Å²) in [7, 11) is 0. The number of hydrogen-bond acceptors (Lipinski definition) is 3. The van der Waals surface area contributed by atoms with Gasteiger partial charge in [-0.15, -0.1) is 0 Å². The third-order valence-electron chi connectivity index (χ3n) is 5.64. The van der Waals surface area contributed by atoms with Gasteiger partial charge in [0.25, 0.3) is 0 Å². The fourth-order valence-electron chi connectivity index (χ4n) is 3.83. The maximum absolute atomic E-state index is 5.98. The van der Waals surface area contributed by atoms with E-state index in [0.717, 1.165) is 42.7 Å². The zero-order valence-electron chi connectivity index (χ0n) is 17.5. The molecular formula is C25H35NO2. The van der Waals surface area contributed by atoms with Gasteiger partial charge in [0.2, 0.25) is 0 Å². The van der Waals surface area contributed by atoms with Crippen molar-refractivity contribution in [2.24, 2.45) is 5.92 Å². The minimum atomic E-state index is 0.0962. The maximum Gasteiger partial charge on any atom is 0.119 e. The normalized spacial score (nSPS) is 15.8. The first-order chi connectivity index (χ1) is 13.7. The molecular weight excluding hydrogens is 346 g/mol. The van der Waals surface area contributed by atoms with E-state index in [1.54, 1.807) is 0 Å². The summed E-state index contributed by atoms with van der Waals surface area (Å²) in [5, 5.41) is 3.44. The van der Waals surface area contributed by atoms with Crippen LogP contribution in [0.15, 0.2) is 48.5 Å². The molecule has 0 aromatic heterocycles. The molecule has 1 aliphatic rings. The maximum atomic E-state index is 5.98. The van der Waals surface area contributed by atoms with Crippen molar-refractivity contribution in [2.45, 2.75) is 64.9 Å². The van der Waals surface area contributed by atoms with Crippen LogP contribution in [0.5, 0.6) is 11.5 Å². The van der Waals surface area contributed by atoms with Gasteiger partial charge in [0.15, 0.2) is 0 Å². The number of rotatable bonds is 10. The average molecular weight is 382 g/mol. The Morgan fingerprint density at radius 1 is 0.929 bits per heavy atom. The lowest BCUT2D eigenvalue weighted by Crippen LogP contribution is -2.22. The molecule has 3 nitrogen and oxygen atoms in total. The van der Waals surface area contributed by atoms with Crippen molar-refractivity contribution in [1.29, 1.82) is 0 Å². The van der Waals surface area contributed by atoms with E-state index in [4.69, 9.17) is 9.47 Å². The Morgan fingerprint density at radius 2 is 1.61 bits per heavy atom. The topological polar surface area (TPSA) is 30.5 Å². The highest BCUT2D eigenvalue weighted by molar-refractivity contribution is 5.46. The van der Waals surface area contributed by atoms with Gasteiger partial charge in [-0.1, -0.05) is 51.2 Å². The summed E-state index contributed by atoms with van der Waals surface area (Å²) < 4.78 is 11.9. The van der Waals surface area contributed by atoms with Gasteiger partial charge in [-0.05, 0) is 67.6 Å². The molecule has 3 rings (SSSR count). The quantitative estimate of drug-likeness (QED) is 0.511. The van der Waals surface area contributed by atoms with Crippen LogP contribution in [0.1, 0.15) is 57.9 Å². The van der Waals surface area contributed by atoms with Crippen LogP contribution >= 0.6 is 0 Å². The van der Waals surface area contributed by atoms with Crippen molar-refractivity contribution < 1.29 is 9.47 Å². The summed E-state index contributed by atoms with van der Waals surface area (Å²) in [6.07, 6.45) is 9.32. The van der Waals surface area contributed by atoms with E-state index in [1.165, 1.54) is 44.1 Å². The first-order valence-electron chi connectivity index (χ1n) is 10.9. The Balaban J connectivity index is 1.36. The zero-order valence-corrected chi connectivity index (χ0v) is 17.5. The van der Waals surface area contributed by atoms with Crippen LogP contribution in [0, 0.1) is 5.92 Å². The molecule has 0 saturated heterocycles. The van der Waals surface area contributed by atoms with E-state index < -0.39 is 0 Å². The fraction of sp³-hybridized carbons (Fsp3) is 0.520. The third kappa shape index (κ3) is 6.78. The fourth-order valence-corrected chi connectivity index (χ4v) is 3.83. The van der Waals surface area contributed by atoms with Gasteiger partial charge in [0.05, 0.1) is 13.2 Å². The summed E-state index contributed by atoms with van der Waals surface area (Å²) in [6, 6.07) is 16.6. The van der Waals surface area contributed by atoms with Crippen molar-refractivity contribution >= 4 is 5.69 Å². The van der Waals surface area contributed by atoms with Crippen molar-refractivity contribution in [3.05, 3.63) is 54.1 Å². The van der Waals surface area contributed by atoms with Crippen LogP contribution in [0.2, 0.25) is 0 Å². The predicted octanol–water partition coefficient (Wildman–Crippen LogP) is 6.48. The van der Waals surface area contributed by atoms with Gasteiger partial charge in [-0.2, -0.15) is 0 Å². The number of benzene rings is 2. The molecule has 0 heterocycles. The summed E-state index contributed by atoms with van der Waals surface area (Å²) >= 11 is 0. The molecule has 1 N–H and O–H groups in total. The van der Waals surface area contributed by atoms with Crippen LogP contribution in [0.4, 0.5) is 5.69 Å². The molecule has 3 heteroatoms. The Labute approximate surface area is 170 Å². The Bertz CT molecular complexity index is 675. The minimum Gasteiger partial charge on any atom is -0.494 e. The molecule has 0 bridgehead atoms. The monoisotopic (exact) mass is 381 g/mol. The largest absolute Gasteiger partial charge is 0.494 e. The van der Waals surface area contributed by atoms with Crippen molar-refractivity contribution in [3.8, 4) is 11.5 Å². The van der Waals surface area contributed by atoms with E-state index in [9.17, 15) is 0 Å². The molecule has 0 spiro atoms. The van der Waals surface area contributed by atoms with Crippen molar-refractivity contribution in [3.63, 3.8) is 0 Å². The molecule has 1 unspecified atom stereocenters. The minimum absolute atomic E-state index is 0.0962. The summed E-state index contributed by atoms with van der Waals surface area (Å²) in [5.41, 5.74) is 2.43. The molecule has 0 aliphatic heterocycles. The lowest BCUT2D eigenvalue weighted by atomic mass is 9.87. The van der Waals surface area contributed by atoms with Gasteiger partial charge in [0.1, 0.15) is 17.6 Å². The average Bonchev–Trinajstić information content (AvgIpc) is 2.74. The molecule has 1 fully saturated rings. The Kier molecular flexibility index (Phi) is 8.07. The van der Waals surface area contributed by atoms with E-state index in [1.807, 2.05) is 0 Å². The molecule has 1 aliphatic carbocycles. The van der Waals surface area contributed by atoms with Gasteiger partial charge in [-0.25, -0.2) is 0 Å². The van der Waals surface area contributed by atoms with Crippen LogP contribution in [0.25, 0.3) is 0 Å². The second-order valence-corrected chi connectivity index (χ2v) is 7.97. The number of nitrogens with one attached hydrogen (secondary N) is 1. The molecule has 1 atom stereocenters. The smallest absolute Gasteiger partial charge is 0.119 e. The Hall–Kier alpha value is -2.16. The van der Waals surface area contributed by atoms with Crippen LogP contribution < -0.4 is 14.8 Å². The molecule has 1 saturated carbocycles. The van der Waals surface area contributed by atoms with Crippen LogP contribution in [0.3, 0.4) is 0 Å². The molecule has 0 radical (unpaired) electrons. The van der Waals surface area contributed by atoms with Crippen LogP contribution in [-0.4, -0.2) is 19.3 Å². The summed E-state index contributed by atoms with van der Waals surface area (Å²) in [4.78, 5) is 0. The number of ether oxygens (including phenoxy) is 2. The van der Waals surface area contributed by atoms with Gasteiger partial charge < -0.3 is 14.8 Å². The standard InChI is InChI=1S/C25H35NO2/c1-3-21-9-13-25(14-10-21)28-20(2)19-26-23-11-15-24(16-12-23)27-18-17-22-7-5-4-6-8-22/h9-16,20,22,26H,3-8,17-19H2,1-2H3. The van der Waals surface area contributed by atoms with Gasteiger partial charge in [-0.3, -0.25) is 0 Å². The second kappa shape index (κ2) is 11.0. The Morgan fingerprint density at radius 3 is 2.29 bits per heavy atom. The SMILES string of the molecule is CCc1ccc(OC(C)CNc2ccc(OCCC3CCCCC3)cc2)cc1. The molecule has 28 heavy (non-hydrogen) atoms. The lowest BCUT2D eigenvalue weighted by Gasteiger charge is -2.21. The second-order valence-electron chi connectivity index (χ2n) is 7.97.